The summed E-state index contributed by atoms with van der Waals surface area (Å²) in [4.78, 5) is 11.2. The van der Waals surface area contributed by atoms with Crippen molar-refractivity contribution < 1.29 is 19.4 Å². The first kappa shape index (κ1) is 13.6. The largest absolute Gasteiger partial charge is 0.468 e. The van der Waals surface area contributed by atoms with Crippen molar-refractivity contribution in [2.75, 3.05) is 14.2 Å². The molecule has 5 nitrogen and oxygen atoms in total. The van der Waals surface area contributed by atoms with E-state index in [0.717, 1.165) is 5.56 Å². The maximum atomic E-state index is 11.2. The average molecular weight is 239 g/mol. The van der Waals surface area contributed by atoms with Crippen LogP contribution in [0.5, 0.6) is 0 Å². The lowest BCUT2D eigenvalue weighted by Crippen LogP contribution is -2.37. The molecule has 0 aromatic heterocycles. The molecule has 0 fully saturated rings. The summed E-state index contributed by atoms with van der Waals surface area (Å²) in [6.45, 7) is 0.499. The summed E-state index contributed by atoms with van der Waals surface area (Å²) in [6.07, 6.45) is -1.07. The molecule has 0 saturated carbocycles. The van der Waals surface area contributed by atoms with Crippen molar-refractivity contribution in [1.82, 2.24) is 0 Å². The van der Waals surface area contributed by atoms with Crippen molar-refractivity contribution in [3.05, 3.63) is 35.4 Å². The number of carbonyl (C=O) groups is 1. The lowest BCUT2D eigenvalue weighted by Gasteiger charge is -2.17. The predicted octanol–water partition coefficient (Wildman–Crippen LogP) is 0.367. The third-order valence-electron chi connectivity index (χ3n) is 2.45. The van der Waals surface area contributed by atoms with Gasteiger partial charge in [0.2, 0.25) is 0 Å². The fourth-order valence-electron chi connectivity index (χ4n) is 1.45. The Balaban J connectivity index is 2.75. The van der Waals surface area contributed by atoms with Gasteiger partial charge >= 0.3 is 5.97 Å². The summed E-state index contributed by atoms with van der Waals surface area (Å²) < 4.78 is 9.44. The van der Waals surface area contributed by atoms with Crippen molar-refractivity contribution in [3.63, 3.8) is 0 Å². The first-order valence-electron chi connectivity index (χ1n) is 5.19. The van der Waals surface area contributed by atoms with E-state index in [-0.39, 0.29) is 0 Å². The number of ether oxygens (including phenoxy) is 2. The van der Waals surface area contributed by atoms with Crippen LogP contribution in [0.2, 0.25) is 0 Å². The Morgan fingerprint density at radius 3 is 2.41 bits per heavy atom. The topological polar surface area (TPSA) is 81.8 Å². The number of nitrogens with two attached hydrogens (primary N) is 1. The van der Waals surface area contributed by atoms with Crippen molar-refractivity contribution in [2.24, 2.45) is 5.73 Å². The Morgan fingerprint density at radius 2 is 1.94 bits per heavy atom. The molecule has 17 heavy (non-hydrogen) atoms. The Hall–Kier alpha value is -1.43. The van der Waals surface area contributed by atoms with Gasteiger partial charge in [0.05, 0.1) is 13.7 Å². The molecule has 0 aliphatic heterocycles. The number of carbonyl (C=O) groups excluding carboxylic acids is 1. The molecule has 1 aromatic rings. The van der Waals surface area contributed by atoms with Crippen LogP contribution in [0, 0.1) is 0 Å². The minimum Gasteiger partial charge on any atom is -0.468 e. The standard InChI is InChI=1S/C12H17NO4/c1-16-7-8-3-5-9(6-4-8)11(14)10(13)12(15)17-2/h3-6,10-11,14H,7,13H2,1-2H3/t10-,11+/m0/s1. The third kappa shape index (κ3) is 3.52. The van der Waals surface area contributed by atoms with E-state index in [0.29, 0.717) is 12.2 Å². The second-order valence-electron chi connectivity index (χ2n) is 3.67. The van der Waals surface area contributed by atoms with Gasteiger partial charge in [0, 0.05) is 7.11 Å². The normalized spacial score (nSPS) is 14.1. The van der Waals surface area contributed by atoms with Crippen LogP contribution in [0.15, 0.2) is 24.3 Å². The zero-order valence-electron chi connectivity index (χ0n) is 9.92. The zero-order valence-corrected chi connectivity index (χ0v) is 9.92. The van der Waals surface area contributed by atoms with Gasteiger partial charge in [-0.2, -0.15) is 0 Å². The van der Waals surface area contributed by atoms with E-state index in [4.69, 9.17) is 10.5 Å². The second kappa shape index (κ2) is 6.34. The van der Waals surface area contributed by atoms with Crippen LogP contribution < -0.4 is 5.73 Å². The van der Waals surface area contributed by atoms with E-state index in [2.05, 4.69) is 4.74 Å². The average Bonchev–Trinajstić information content (AvgIpc) is 2.37. The smallest absolute Gasteiger partial charge is 0.325 e. The summed E-state index contributed by atoms with van der Waals surface area (Å²) >= 11 is 0. The second-order valence-corrected chi connectivity index (χ2v) is 3.67. The Labute approximate surface area is 100 Å². The number of esters is 1. The number of methoxy groups -OCH3 is 2. The SMILES string of the molecule is COCc1ccc([C@@H](O)[C@H](N)C(=O)OC)cc1. The fraction of sp³-hybridized carbons (Fsp3) is 0.417. The Morgan fingerprint density at radius 1 is 1.35 bits per heavy atom. The molecule has 5 heteroatoms. The van der Waals surface area contributed by atoms with Gasteiger partial charge in [0.25, 0.3) is 0 Å². The first-order valence-corrected chi connectivity index (χ1v) is 5.19. The molecule has 2 atom stereocenters. The van der Waals surface area contributed by atoms with Crippen molar-refractivity contribution in [1.29, 1.82) is 0 Å². The minimum absolute atomic E-state index is 0.499. The lowest BCUT2D eigenvalue weighted by molar-refractivity contribution is -0.145. The highest BCUT2D eigenvalue weighted by atomic mass is 16.5. The zero-order chi connectivity index (χ0) is 12.8. The van der Waals surface area contributed by atoms with E-state index in [1.807, 2.05) is 12.1 Å². The van der Waals surface area contributed by atoms with E-state index >= 15 is 0 Å². The quantitative estimate of drug-likeness (QED) is 0.725. The van der Waals surface area contributed by atoms with E-state index < -0.39 is 18.1 Å². The first-order chi connectivity index (χ1) is 8.10. The van der Waals surface area contributed by atoms with Crippen molar-refractivity contribution in [2.45, 2.75) is 18.8 Å². The molecule has 0 aliphatic rings. The number of aliphatic hydroxyl groups excluding tert-OH is 1. The summed E-state index contributed by atoms with van der Waals surface area (Å²) in [5, 5.41) is 9.85. The molecule has 94 valence electrons. The molecule has 0 saturated heterocycles. The summed E-state index contributed by atoms with van der Waals surface area (Å²) in [7, 11) is 2.84. The summed E-state index contributed by atoms with van der Waals surface area (Å²) in [5.74, 6) is -0.640. The lowest BCUT2D eigenvalue weighted by atomic mass is 10.0. The van der Waals surface area contributed by atoms with E-state index in [9.17, 15) is 9.90 Å². The van der Waals surface area contributed by atoms with E-state index in [1.165, 1.54) is 7.11 Å². The number of rotatable bonds is 5. The molecule has 0 amide bonds. The molecular formula is C12H17NO4. The van der Waals surface area contributed by atoms with Gasteiger partial charge in [0.15, 0.2) is 0 Å². The molecule has 1 rings (SSSR count). The minimum atomic E-state index is -1.08. The summed E-state index contributed by atoms with van der Waals surface area (Å²) in [6, 6.07) is 5.97. The van der Waals surface area contributed by atoms with Crippen LogP contribution in [0.1, 0.15) is 17.2 Å². The molecule has 0 spiro atoms. The predicted molar refractivity (Wildman–Crippen MR) is 62.1 cm³/mol. The van der Waals surface area contributed by atoms with Crippen LogP contribution >= 0.6 is 0 Å². The molecule has 0 heterocycles. The Kier molecular flexibility index (Phi) is 5.09. The summed E-state index contributed by atoms with van der Waals surface area (Å²) in [5.41, 5.74) is 7.10. The highest BCUT2D eigenvalue weighted by molar-refractivity contribution is 5.76. The van der Waals surface area contributed by atoms with Gasteiger partial charge in [-0.1, -0.05) is 24.3 Å². The Bertz CT molecular complexity index is 363. The van der Waals surface area contributed by atoms with Gasteiger partial charge < -0.3 is 20.3 Å². The van der Waals surface area contributed by atoms with Crippen molar-refractivity contribution >= 4 is 5.97 Å². The molecule has 0 aliphatic carbocycles. The van der Waals surface area contributed by atoms with Crippen LogP contribution in [0.4, 0.5) is 0 Å². The number of aliphatic hydroxyl groups is 1. The monoisotopic (exact) mass is 239 g/mol. The molecule has 1 aromatic carbocycles. The molecular weight excluding hydrogens is 222 g/mol. The maximum Gasteiger partial charge on any atom is 0.325 e. The van der Waals surface area contributed by atoms with Gasteiger partial charge in [-0.05, 0) is 11.1 Å². The number of benzene rings is 1. The van der Waals surface area contributed by atoms with Crippen LogP contribution in [-0.2, 0) is 20.9 Å². The molecule has 0 unspecified atom stereocenters. The molecule has 0 bridgehead atoms. The highest BCUT2D eigenvalue weighted by Gasteiger charge is 2.24. The van der Waals surface area contributed by atoms with Crippen LogP contribution in [0.25, 0.3) is 0 Å². The fourth-order valence-corrected chi connectivity index (χ4v) is 1.45. The van der Waals surface area contributed by atoms with Gasteiger partial charge in [-0.3, -0.25) is 4.79 Å². The molecule has 0 radical (unpaired) electrons. The van der Waals surface area contributed by atoms with Crippen LogP contribution in [0.3, 0.4) is 0 Å². The highest BCUT2D eigenvalue weighted by Crippen LogP contribution is 2.17. The molecule has 3 N–H and O–H groups in total. The van der Waals surface area contributed by atoms with Crippen molar-refractivity contribution in [3.8, 4) is 0 Å². The van der Waals surface area contributed by atoms with Crippen LogP contribution in [-0.4, -0.2) is 31.3 Å². The third-order valence-corrected chi connectivity index (χ3v) is 2.45. The van der Waals surface area contributed by atoms with Gasteiger partial charge in [-0.15, -0.1) is 0 Å². The number of hydrogen-bond donors (Lipinski definition) is 2. The number of hydrogen-bond acceptors (Lipinski definition) is 5. The maximum absolute atomic E-state index is 11.2. The van der Waals surface area contributed by atoms with Gasteiger partial charge in [0.1, 0.15) is 12.1 Å². The van der Waals surface area contributed by atoms with E-state index in [1.54, 1.807) is 19.2 Å². The van der Waals surface area contributed by atoms with Gasteiger partial charge in [-0.25, -0.2) is 0 Å².